The maximum atomic E-state index is 13.3. The lowest BCUT2D eigenvalue weighted by molar-refractivity contribution is -0.135. The fraction of sp³-hybridized carbons (Fsp3) is 0.630. The average Bonchev–Trinajstić information content (AvgIpc) is 3.55. The van der Waals surface area contributed by atoms with E-state index >= 15 is 0 Å². The second-order valence-electron chi connectivity index (χ2n) is 10.9. The molecule has 1 saturated heterocycles. The molecule has 0 bridgehead atoms. The van der Waals surface area contributed by atoms with Gasteiger partial charge in [-0.15, -0.1) is 0 Å². The van der Waals surface area contributed by atoms with Gasteiger partial charge < -0.3 is 24.8 Å². The molecular formula is C27H41FN4O3. The van der Waals surface area contributed by atoms with Crippen LogP contribution in [0.15, 0.2) is 36.5 Å². The number of piperazine rings is 1. The summed E-state index contributed by atoms with van der Waals surface area (Å²) in [6.07, 6.45) is 1.67. The van der Waals surface area contributed by atoms with Gasteiger partial charge in [-0.05, 0) is 71.7 Å². The highest BCUT2D eigenvalue weighted by molar-refractivity contribution is 5.85. The van der Waals surface area contributed by atoms with E-state index in [1.165, 1.54) is 12.1 Å². The molecule has 1 unspecified atom stereocenters. The summed E-state index contributed by atoms with van der Waals surface area (Å²) in [5, 5.41) is 2.83. The molecule has 8 heteroatoms. The molecule has 35 heavy (non-hydrogen) atoms. The molecule has 1 aliphatic carbocycles. The zero-order valence-corrected chi connectivity index (χ0v) is 21.8. The number of allylic oxidation sites excluding steroid dienone is 1. The predicted molar refractivity (Wildman–Crippen MR) is 136 cm³/mol. The maximum absolute atomic E-state index is 13.3. The highest BCUT2D eigenvalue weighted by atomic mass is 19.1. The number of benzene rings is 1. The van der Waals surface area contributed by atoms with E-state index in [1.807, 2.05) is 51.8 Å². The number of rotatable bonds is 9. The zero-order valence-electron chi connectivity index (χ0n) is 21.8. The Morgan fingerprint density at radius 3 is 2.40 bits per heavy atom. The summed E-state index contributed by atoms with van der Waals surface area (Å²) in [7, 11) is 2.04. The first-order chi connectivity index (χ1) is 16.4. The van der Waals surface area contributed by atoms with Gasteiger partial charge in [-0.2, -0.15) is 0 Å². The number of nitrogens with zero attached hydrogens (tertiary/aromatic N) is 3. The van der Waals surface area contributed by atoms with Gasteiger partial charge in [0.1, 0.15) is 17.5 Å². The highest BCUT2D eigenvalue weighted by Gasteiger charge is 2.42. The Kier molecular flexibility index (Phi) is 8.80. The Balaban J connectivity index is 1.60. The molecule has 1 aromatic carbocycles. The van der Waals surface area contributed by atoms with E-state index in [4.69, 9.17) is 4.74 Å². The molecule has 2 fully saturated rings. The van der Waals surface area contributed by atoms with E-state index < -0.39 is 17.7 Å². The third-order valence-corrected chi connectivity index (χ3v) is 6.64. The van der Waals surface area contributed by atoms with Crippen molar-refractivity contribution in [3.63, 3.8) is 0 Å². The van der Waals surface area contributed by atoms with Crippen molar-refractivity contribution < 1.29 is 18.7 Å². The first kappa shape index (κ1) is 27.0. The van der Waals surface area contributed by atoms with Crippen molar-refractivity contribution in [3.05, 3.63) is 47.9 Å². The molecule has 1 saturated carbocycles. The largest absolute Gasteiger partial charge is 0.444 e. The number of hydrogen-bond acceptors (Lipinski definition) is 5. The molecule has 1 aliphatic heterocycles. The Morgan fingerprint density at radius 1 is 1.20 bits per heavy atom. The summed E-state index contributed by atoms with van der Waals surface area (Å²) in [6, 6.07) is 6.41. The van der Waals surface area contributed by atoms with E-state index in [0.29, 0.717) is 31.5 Å². The van der Waals surface area contributed by atoms with Crippen LogP contribution in [-0.4, -0.2) is 84.2 Å². The van der Waals surface area contributed by atoms with Crippen LogP contribution in [0.4, 0.5) is 9.18 Å². The quantitative estimate of drug-likeness (QED) is 0.570. The molecule has 0 radical (unpaired) electrons. The van der Waals surface area contributed by atoms with E-state index in [9.17, 15) is 14.0 Å². The van der Waals surface area contributed by atoms with Gasteiger partial charge in [0, 0.05) is 50.4 Å². The monoisotopic (exact) mass is 488 g/mol. The van der Waals surface area contributed by atoms with Gasteiger partial charge in [-0.1, -0.05) is 18.7 Å². The fourth-order valence-electron chi connectivity index (χ4n) is 4.65. The minimum Gasteiger partial charge on any atom is -0.444 e. The zero-order chi connectivity index (χ0) is 25.8. The van der Waals surface area contributed by atoms with Gasteiger partial charge >= 0.3 is 6.09 Å². The Bertz CT molecular complexity index is 891. The molecule has 1 heterocycles. The van der Waals surface area contributed by atoms with Crippen LogP contribution >= 0.6 is 0 Å². The lowest BCUT2D eigenvalue weighted by Gasteiger charge is -2.35. The summed E-state index contributed by atoms with van der Waals surface area (Å²) >= 11 is 0. The second-order valence-corrected chi connectivity index (χ2v) is 10.9. The average molecular weight is 489 g/mol. The molecular weight excluding hydrogens is 447 g/mol. The number of hydrogen-bond donors (Lipinski definition) is 1. The van der Waals surface area contributed by atoms with Gasteiger partial charge in [0.15, 0.2) is 0 Å². The van der Waals surface area contributed by atoms with Crippen LogP contribution in [-0.2, 0) is 9.53 Å². The van der Waals surface area contributed by atoms with E-state index in [1.54, 1.807) is 0 Å². The van der Waals surface area contributed by atoms with Crippen molar-refractivity contribution in [2.45, 2.75) is 70.6 Å². The topological polar surface area (TPSA) is 65.1 Å². The third kappa shape index (κ3) is 7.95. The molecule has 3 atom stereocenters. The fourth-order valence-corrected chi connectivity index (χ4v) is 4.65. The van der Waals surface area contributed by atoms with Crippen molar-refractivity contribution in [1.29, 1.82) is 0 Å². The van der Waals surface area contributed by atoms with Gasteiger partial charge in [-0.25, -0.2) is 9.18 Å². The van der Waals surface area contributed by atoms with Crippen LogP contribution in [0.3, 0.4) is 0 Å². The lowest BCUT2D eigenvalue weighted by atomic mass is 10.1. The molecule has 7 nitrogen and oxygen atoms in total. The molecule has 2 amide bonds. The minimum atomic E-state index is -0.635. The van der Waals surface area contributed by atoms with Crippen molar-refractivity contribution in [2.24, 2.45) is 0 Å². The van der Waals surface area contributed by atoms with Crippen molar-refractivity contribution >= 4 is 12.0 Å². The summed E-state index contributed by atoms with van der Waals surface area (Å²) in [4.78, 5) is 32.1. The number of nitrogens with one attached hydrogen (secondary N) is 1. The molecule has 2 aliphatic rings. The van der Waals surface area contributed by atoms with Gasteiger partial charge in [0.25, 0.3) is 0 Å². The Labute approximate surface area is 209 Å². The summed E-state index contributed by atoms with van der Waals surface area (Å²) in [5.74, 6) is 0.0765. The van der Waals surface area contributed by atoms with Crippen LogP contribution in [0.2, 0.25) is 0 Å². The number of carbonyl (C=O) groups excluding carboxylic acids is 2. The highest BCUT2D eigenvalue weighted by Crippen LogP contribution is 2.45. The van der Waals surface area contributed by atoms with E-state index in [-0.39, 0.29) is 11.7 Å². The van der Waals surface area contributed by atoms with Crippen LogP contribution in [0.1, 0.15) is 58.4 Å². The molecule has 1 N–H and O–H groups in total. The molecule has 0 spiro atoms. The Hall–Kier alpha value is -2.61. The molecule has 3 rings (SSSR count). The van der Waals surface area contributed by atoms with Crippen molar-refractivity contribution in [3.8, 4) is 0 Å². The number of carbonyl (C=O) groups is 2. The smallest absolute Gasteiger partial charge is 0.408 e. The first-order valence-corrected chi connectivity index (χ1v) is 12.6. The molecule has 0 aromatic heterocycles. The van der Waals surface area contributed by atoms with Crippen LogP contribution in [0.25, 0.3) is 0 Å². The number of ether oxygens (including phenoxy) is 1. The lowest BCUT2D eigenvalue weighted by Crippen LogP contribution is -2.54. The van der Waals surface area contributed by atoms with E-state index in [0.717, 1.165) is 43.7 Å². The number of amides is 2. The van der Waals surface area contributed by atoms with Crippen LogP contribution < -0.4 is 5.32 Å². The third-order valence-electron chi connectivity index (χ3n) is 6.64. The summed E-state index contributed by atoms with van der Waals surface area (Å²) in [6.45, 7) is 15.3. The van der Waals surface area contributed by atoms with E-state index in [2.05, 4.69) is 21.7 Å². The van der Waals surface area contributed by atoms with Crippen molar-refractivity contribution in [2.75, 3.05) is 39.8 Å². The van der Waals surface area contributed by atoms with Crippen molar-refractivity contribution in [1.82, 2.24) is 20.0 Å². The SMILES string of the molecule is C=C(C)N(CCCC(NC(=O)OC(C)(C)C)C(=O)N1CCN(C)CC1)[C@@H]1C[C@H]1c1ccc(F)cc1. The van der Waals surface area contributed by atoms with Crippen LogP contribution in [0.5, 0.6) is 0 Å². The second kappa shape index (κ2) is 11.4. The van der Waals surface area contributed by atoms with Gasteiger partial charge in [-0.3, -0.25) is 4.79 Å². The standard InChI is InChI=1S/C27H41FN4O3/c1-19(2)32(24-18-22(24)20-9-11-21(28)12-10-20)13-7-8-23(29-26(34)35-27(3,4)5)25(33)31-16-14-30(6)15-17-31/h9-12,22-24H,1,7-8,13-18H2,2-6H3,(H,29,34)/t22-,23?,24+/m0/s1. The minimum absolute atomic E-state index is 0.0542. The normalized spacial score (nSPS) is 21.3. The Morgan fingerprint density at radius 2 is 1.83 bits per heavy atom. The molecule has 1 aromatic rings. The van der Waals surface area contributed by atoms with Gasteiger partial charge in [0.05, 0.1) is 0 Å². The summed E-state index contributed by atoms with van der Waals surface area (Å²) < 4.78 is 18.7. The molecule has 194 valence electrons. The first-order valence-electron chi connectivity index (χ1n) is 12.6. The summed E-state index contributed by atoms with van der Waals surface area (Å²) in [5.41, 5.74) is 1.47. The predicted octanol–water partition coefficient (Wildman–Crippen LogP) is 3.96. The number of halogens is 1. The van der Waals surface area contributed by atoms with Gasteiger partial charge in [0.2, 0.25) is 5.91 Å². The van der Waals surface area contributed by atoms with Crippen LogP contribution in [0, 0.1) is 5.82 Å². The maximum Gasteiger partial charge on any atom is 0.408 e. The number of likely N-dealkylation sites (N-methyl/N-ethyl adjacent to an activating group) is 1. The number of alkyl carbamates (subject to hydrolysis) is 1.